The minimum absolute atomic E-state index is 0.0781. The molecule has 3 rings (SSSR count). The first kappa shape index (κ1) is 18.2. The normalized spacial score (nSPS) is 22.7. The smallest absolute Gasteiger partial charge is 0.242 e. The Morgan fingerprint density at radius 2 is 1.96 bits per heavy atom. The van der Waals surface area contributed by atoms with E-state index in [1.165, 1.54) is 0 Å². The highest BCUT2D eigenvalue weighted by atomic mass is 32.2. The predicted octanol–water partition coefficient (Wildman–Crippen LogP) is 2.51. The lowest BCUT2D eigenvalue weighted by molar-refractivity contribution is -0.753. The van der Waals surface area contributed by atoms with Crippen LogP contribution in [0, 0.1) is 5.92 Å². The maximum atomic E-state index is 10.2. The van der Waals surface area contributed by atoms with E-state index in [-0.39, 0.29) is 5.54 Å². The summed E-state index contributed by atoms with van der Waals surface area (Å²) in [5.41, 5.74) is 0.608. The Bertz CT molecular complexity index is 796. The summed E-state index contributed by atoms with van der Waals surface area (Å²) in [6.07, 6.45) is 14.7. The average molecular weight is 346 g/mol. The van der Waals surface area contributed by atoms with Gasteiger partial charge in [-0.3, -0.25) is 4.98 Å². The quantitative estimate of drug-likeness (QED) is 0.685. The summed E-state index contributed by atoms with van der Waals surface area (Å²) in [4.78, 5) is 3.08. The molecule has 0 fully saturated rings. The summed E-state index contributed by atoms with van der Waals surface area (Å²) < 4.78 is 32.9. The number of allylic oxidation sites excluding steroid dienone is 4. The van der Waals surface area contributed by atoms with E-state index in [0.29, 0.717) is 11.5 Å². The van der Waals surface area contributed by atoms with Gasteiger partial charge in [0.05, 0.1) is 15.9 Å². The largest absolute Gasteiger partial charge is 0.748 e. The van der Waals surface area contributed by atoms with Crippen LogP contribution < -0.4 is 4.57 Å². The number of benzene rings is 1. The number of nitrogens with zero attached hydrogens (tertiary/aromatic N) is 1. The molecule has 24 heavy (non-hydrogen) atoms. The van der Waals surface area contributed by atoms with Crippen molar-refractivity contribution in [3.8, 4) is 0 Å². The van der Waals surface area contributed by atoms with Crippen LogP contribution in [0.15, 0.2) is 73.4 Å². The molecule has 2 aromatic rings. The van der Waals surface area contributed by atoms with E-state index in [2.05, 4.69) is 53.9 Å². The van der Waals surface area contributed by atoms with Crippen LogP contribution in [-0.4, -0.2) is 18.0 Å². The van der Waals surface area contributed by atoms with Gasteiger partial charge in [0, 0.05) is 5.92 Å². The Labute approximate surface area is 143 Å². The maximum absolute atomic E-state index is 10.2. The van der Waals surface area contributed by atoms with Crippen molar-refractivity contribution < 1.29 is 17.5 Å². The second-order valence-corrected chi connectivity index (χ2v) is 7.37. The van der Waals surface area contributed by atoms with E-state index in [1.807, 2.05) is 12.5 Å². The van der Waals surface area contributed by atoms with Crippen LogP contribution in [-0.2, 0) is 21.4 Å². The second kappa shape index (κ2) is 7.59. The molecule has 2 unspecified atom stereocenters. The average Bonchev–Trinajstić information content (AvgIpc) is 3.05. The summed E-state index contributed by atoms with van der Waals surface area (Å²) in [6.45, 7) is 4.48. The summed E-state index contributed by atoms with van der Waals surface area (Å²) in [5, 5.41) is 0. The SMILES string of the molecule is CC1C=CC=CC1(C)[n+]1cc[nH]c1.O=S(=O)([O-])Cc1ccccc1. The topological polar surface area (TPSA) is 76.9 Å². The lowest BCUT2D eigenvalue weighted by atomic mass is 9.83. The van der Waals surface area contributed by atoms with Crippen molar-refractivity contribution in [3.05, 3.63) is 78.9 Å². The molecular weight excluding hydrogens is 324 g/mol. The third-order valence-electron chi connectivity index (χ3n) is 4.15. The van der Waals surface area contributed by atoms with Gasteiger partial charge in [0.1, 0.15) is 17.9 Å². The number of hydrogen-bond donors (Lipinski definition) is 1. The van der Waals surface area contributed by atoms with Gasteiger partial charge >= 0.3 is 0 Å². The predicted molar refractivity (Wildman–Crippen MR) is 91.9 cm³/mol. The van der Waals surface area contributed by atoms with E-state index < -0.39 is 15.9 Å². The fraction of sp³-hybridized carbons (Fsp3) is 0.278. The maximum Gasteiger partial charge on any atom is 0.242 e. The molecule has 0 radical (unpaired) electrons. The lowest BCUT2D eigenvalue weighted by Crippen LogP contribution is -2.55. The number of imidazole rings is 1. The highest BCUT2D eigenvalue weighted by Gasteiger charge is 2.34. The number of aromatic nitrogens is 2. The molecular formula is C18H22N2O3S. The zero-order valence-corrected chi connectivity index (χ0v) is 14.6. The van der Waals surface area contributed by atoms with Gasteiger partial charge in [-0.15, -0.1) is 0 Å². The molecule has 6 heteroatoms. The molecule has 128 valence electrons. The van der Waals surface area contributed by atoms with Gasteiger partial charge < -0.3 is 4.55 Å². The van der Waals surface area contributed by atoms with Crippen LogP contribution in [0.1, 0.15) is 19.4 Å². The van der Waals surface area contributed by atoms with Crippen molar-refractivity contribution in [1.82, 2.24) is 4.98 Å². The molecule has 5 nitrogen and oxygen atoms in total. The minimum atomic E-state index is -4.13. The highest BCUT2D eigenvalue weighted by Crippen LogP contribution is 2.25. The third kappa shape index (κ3) is 4.91. The standard InChI is InChI=1S/C11H14N2.C7H8O3S/c1-10-5-3-4-6-11(10,2)13-8-7-12-9-13;8-11(9,10)6-7-4-2-1-3-5-7/h3-10H,1-2H3;1-5H,6H2,(H,8,9,10). The Kier molecular flexibility index (Phi) is 5.75. The summed E-state index contributed by atoms with van der Waals surface area (Å²) in [5.74, 6) is 0.103. The van der Waals surface area contributed by atoms with Gasteiger partial charge in [-0.05, 0) is 18.6 Å². The van der Waals surface area contributed by atoms with E-state index >= 15 is 0 Å². The van der Waals surface area contributed by atoms with Crippen molar-refractivity contribution in [2.24, 2.45) is 5.92 Å². The van der Waals surface area contributed by atoms with Crippen LogP contribution >= 0.6 is 0 Å². The molecule has 0 saturated heterocycles. The molecule has 0 amide bonds. The summed E-state index contributed by atoms with van der Waals surface area (Å²) >= 11 is 0. The van der Waals surface area contributed by atoms with Crippen LogP contribution in [0.4, 0.5) is 0 Å². The van der Waals surface area contributed by atoms with Gasteiger partial charge in [0.15, 0.2) is 0 Å². The summed E-state index contributed by atoms with van der Waals surface area (Å²) in [6, 6.07) is 8.37. The van der Waals surface area contributed by atoms with E-state index in [4.69, 9.17) is 0 Å². The van der Waals surface area contributed by atoms with Crippen molar-refractivity contribution in [2.75, 3.05) is 0 Å². The van der Waals surface area contributed by atoms with Gasteiger partial charge in [0.25, 0.3) is 0 Å². The molecule has 1 aliphatic rings. The van der Waals surface area contributed by atoms with Crippen molar-refractivity contribution >= 4 is 10.1 Å². The van der Waals surface area contributed by atoms with E-state index in [9.17, 15) is 13.0 Å². The number of aromatic amines is 1. The minimum Gasteiger partial charge on any atom is -0.748 e. The molecule has 0 bridgehead atoms. The number of rotatable bonds is 3. The number of hydrogen-bond acceptors (Lipinski definition) is 3. The van der Waals surface area contributed by atoms with Crippen LogP contribution in [0.2, 0.25) is 0 Å². The van der Waals surface area contributed by atoms with Gasteiger partial charge in [-0.25, -0.2) is 13.0 Å². The monoisotopic (exact) mass is 346 g/mol. The third-order valence-corrected chi connectivity index (χ3v) is 4.84. The van der Waals surface area contributed by atoms with Crippen molar-refractivity contribution in [2.45, 2.75) is 25.1 Å². The van der Waals surface area contributed by atoms with Gasteiger partial charge in [-0.1, -0.05) is 55.5 Å². The Balaban J connectivity index is 0.000000177. The molecule has 2 atom stereocenters. The van der Waals surface area contributed by atoms with Crippen LogP contribution in [0.5, 0.6) is 0 Å². The van der Waals surface area contributed by atoms with E-state index in [0.717, 1.165) is 0 Å². The molecule has 1 aromatic heterocycles. The van der Waals surface area contributed by atoms with Crippen molar-refractivity contribution in [1.29, 1.82) is 0 Å². The molecule has 1 N–H and O–H groups in total. The zero-order valence-electron chi connectivity index (χ0n) is 13.8. The van der Waals surface area contributed by atoms with Crippen molar-refractivity contribution in [3.63, 3.8) is 0 Å². The first-order valence-corrected chi connectivity index (χ1v) is 9.27. The molecule has 0 aliphatic heterocycles. The Morgan fingerprint density at radius 3 is 2.50 bits per heavy atom. The molecule has 0 spiro atoms. The number of H-pyrrole nitrogens is 1. The molecule has 0 saturated carbocycles. The van der Waals surface area contributed by atoms with Gasteiger partial charge in [-0.2, -0.15) is 0 Å². The second-order valence-electron chi connectivity index (χ2n) is 5.96. The first-order valence-electron chi connectivity index (χ1n) is 7.69. The number of nitrogens with one attached hydrogen (secondary N) is 1. The van der Waals surface area contributed by atoms with Crippen LogP contribution in [0.3, 0.4) is 0 Å². The zero-order chi connectivity index (χ0) is 17.6. The molecule has 1 heterocycles. The van der Waals surface area contributed by atoms with Gasteiger partial charge in [0.2, 0.25) is 6.33 Å². The fourth-order valence-electron chi connectivity index (χ4n) is 2.52. The molecule has 1 aliphatic carbocycles. The first-order chi connectivity index (χ1) is 11.3. The van der Waals surface area contributed by atoms with Crippen LogP contribution in [0.25, 0.3) is 0 Å². The lowest BCUT2D eigenvalue weighted by Gasteiger charge is -2.29. The highest BCUT2D eigenvalue weighted by molar-refractivity contribution is 7.84. The fourth-order valence-corrected chi connectivity index (χ4v) is 3.12. The summed E-state index contributed by atoms with van der Waals surface area (Å²) in [7, 11) is -4.13. The Morgan fingerprint density at radius 1 is 1.25 bits per heavy atom. The Hall–Kier alpha value is -2.18. The van der Waals surface area contributed by atoms with E-state index in [1.54, 1.807) is 30.3 Å². The molecule has 1 aromatic carbocycles.